The molecule has 3 N–H and O–H groups in total. The molecule has 0 aromatic rings. The molecule has 0 spiro atoms. The van der Waals surface area contributed by atoms with Gasteiger partial charge in [0.05, 0.1) is 6.04 Å². The fraction of sp³-hybridized carbons (Fsp3) is 0.929. The molecule has 18 heavy (non-hydrogen) atoms. The summed E-state index contributed by atoms with van der Waals surface area (Å²) in [6.07, 6.45) is 1.91. The van der Waals surface area contributed by atoms with Crippen LogP contribution in [-0.2, 0) is 4.79 Å². The quantitative estimate of drug-likeness (QED) is 0.692. The van der Waals surface area contributed by atoms with E-state index < -0.39 is 6.04 Å². The van der Waals surface area contributed by atoms with Crippen LogP contribution in [0.15, 0.2) is 0 Å². The number of nitrogens with one attached hydrogen (secondary N) is 1. The molecule has 0 saturated heterocycles. The van der Waals surface area contributed by atoms with E-state index in [1.165, 1.54) is 0 Å². The highest BCUT2D eigenvalue weighted by Gasteiger charge is 2.22. The van der Waals surface area contributed by atoms with Gasteiger partial charge in [0.1, 0.15) is 0 Å². The van der Waals surface area contributed by atoms with Gasteiger partial charge in [0, 0.05) is 12.6 Å². The standard InChI is InChI=1S/C14H31N3O/c1-7-11(4)13(15)14(18)16-12(8-10(2)3)9-17(5)6/h10-13H,7-9,15H2,1-6H3,(H,16,18). The van der Waals surface area contributed by atoms with Gasteiger partial charge in [-0.2, -0.15) is 0 Å². The number of carbonyl (C=O) groups excluding carboxylic acids is 1. The van der Waals surface area contributed by atoms with Crippen LogP contribution in [0.25, 0.3) is 0 Å². The van der Waals surface area contributed by atoms with Crippen LogP contribution in [0.4, 0.5) is 0 Å². The average Bonchev–Trinajstić information content (AvgIpc) is 2.24. The Balaban J connectivity index is 4.42. The zero-order valence-electron chi connectivity index (χ0n) is 12.9. The molecule has 0 saturated carbocycles. The first kappa shape index (κ1) is 17.4. The third kappa shape index (κ3) is 6.97. The number of carbonyl (C=O) groups is 1. The molecule has 0 aromatic heterocycles. The smallest absolute Gasteiger partial charge is 0.237 e. The minimum atomic E-state index is -0.396. The predicted octanol–water partition coefficient (Wildman–Crippen LogP) is 1.45. The molecule has 0 rings (SSSR count). The first-order valence-corrected chi connectivity index (χ1v) is 6.98. The van der Waals surface area contributed by atoms with Gasteiger partial charge in [-0.1, -0.05) is 34.1 Å². The maximum absolute atomic E-state index is 12.1. The topological polar surface area (TPSA) is 58.4 Å². The molecule has 0 heterocycles. The van der Waals surface area contributed by atoms with Crippen LogP contribution in [0, 0.1) is 11.8 Å². The second-order valence-corrected chi connectivity index (χ2v) is 6.01. The Morgan fingerprint density at radius 3 is 2.22 bits per heavy atom. The number of hydrogen-bond acceptors (Lipinski definition) is 3. The normalized spacial score (nSPS) is 16.7. The van der Waals surface area contributed by atoms with E-state index in [1.54, 1.807) is 0 Å². The van der Waals surface area contributed by atoms with Crippen molar-refractivity contribution in [1.82, 2.24) is 10.2 Å². The lowest BCUT2D eigenvalue weighted by Crippen LogP contribution is -2.51. The highest BCUT2D eigenvalue weighted by atomic mass is 16.2. The van der Waals surface area contributed by atoms with Gasteiger partial charge in [0.15, 0.2) is 0 Å². The van der Waals surface area contributed by atoms with Crippen LogP contribution in [0.5, 0.6) is 0 Å². The molecule has 4 nitrogen and oxygen atoms in total. The van der Waals surface area contributed by atoms with Crippen molar-refractivity contribution in [2.24, 2.45) is 17.6 Å². The Morgan fingerprint density at radius 2 is 1.83 bits per heavy atom. The number of amides is 1. The van der Waals surface area contributed by atoms with Gasteiger partial charge in [-0.3, -0.25) is 4.79 Å². The number of likely N-dealkylation sites (N-methyl/N-ethyl adjacent to an activating group) is 1. The first-order chi connectivity index (χ1) is 8.27. The molecule has 4 heteroatoms. The second-order valence-electron chi connectivity index (χ2n) is 6.01. The molecule has 3 atom stereocenters. The van der Waals surface area contributed by atoms with Crippen LogP contribution >= 0.6 is 0 Å². The summed E-state index contributed by atoms with van der Waals surface area (Å²) < 4.78 is 0. The lowest BCUT2D eigenvalue weighted by atomic mass is 9.98. The largest absolute Gasteiger partial charge is 0.351 e. The molecule has 1 amide bonds. The van der Waals surface area contributed by atoms with Crippen molar-refractivity contribution in [3.05, 3.63) is 0 Å². The monoisotopic (exact) mass is 257 g/mol. The van der Waals surface area contributed by atoms with Crippen molar-refractivity contribution in [3.63, 3.8) is 0 Å². The van der Waals surface area contributed by atoms with E-state index in [2.05, 4.69) is 31.0 Å². The van der Waals surface area contributed by atoms with E-state index in [9.17, 15) is 4.79 Å². The van der Waals surface area contributed by atoms with E-state index in [4.69, 9.17) is 5.73 Å². The van der Waals surface area contributed by atoms with E-state index in [-0.39, 0.29) is 17.9 Å². The van der Waals surface area contributed by atoms with Gasteiger partial charge in [-0.05, 0) is 32.4 Å². The molecule has 0 aliphatic rings. The van der Waals surface area contributed by atoms with Gasteiger partial charge in [0.25, 0.3) is 0 Å². The van der Waals surface area contributed by atoms with Crippen LogP contribution in [0.2, 0.25) is 0 Å². The minimum Gasteiger partial charge on any atom is -0.351 e. The fourth-order valence-corrected chi connectivity index (χ4v) is 2.00. The molecule has 0 aliphatic carbocycles. The van der Waals surface area contributed by atoms with Crippen LogP contribution in [0.1, 0.15) is 40.5 Å². The van der Waals surface area contributed by atoms with Crippen molar-refractivity contribution in [2.45, 2.75) is 52.6 Å². The Hall–Kier alpha value is -0.610. The van der Waals surface area contributed by atoms with Crippen molar-refractivity contribution in [1.29, 1.82) is 0 Å². The van der Waals surface area contributed by atoms with Crippen molar-refractivity contribution in [3.8, 4) is 0 Å². The summed E-state index contributed by atoms with van der Waals surface area (Å²) >= 11 is 0. The van der Waals surface area contributed by atoms with Gasteiger partial charge in [-0.15, -0.1) is 0 Å². The summed E-state index contributed by atoms with van der Waals surface area (Å²) in [7, 11) is 4.04. The summed E-state index contributed by atoms with van der Waals surface area (Å²) in [4.78, 5) is 14.2. The van der Waals surface area contributed by atoms with Gasteiger partial charge in [0.2, 0.25) is 5.91 Å². The minimum absolute atomic E-state index is 0.0168. The van der Waals surface area contributed by atoms with E-state index in [1.807, 2.05) is 21.0 Å². The number of rotatable bonds is 8. The van der Waals surface area contributed by atoms with E-state index in [0.717, 1.165) is 19.4 Å². The number of nitrogens with two attached hydrogens (primary N) is 1. The zero-order chi connectivity index (χ0) is 14.3. The Morgan fingerprint density at radius 1 is 1.28 bits per heavy atom. The van der Waals surface area contributed by atoms with E-state index >= 15 is 0 Å². The fourth-order valence-electron chi connectivity index (χ4n) is 2.00. The van der Waals surface area contributed by atoms with Crippen LogP contribution < -0.4 is 11.1 Å². The second kappa shape index (κ2) is 8.48. The molecule has 3 unspecified atom stereocenters. The molecular weight excluding hydrogens is 226 g/mol. The molecule has 0 bridgehead atoms. The maximum Gasteiger partial charge on any atom is 0.237 e. The SMILES string of the molecule is CCC(C)C(N)C(=O)NC(CC(C)C)CN(C)C. The van der Waals surface area contributed by atoms with Crippen molar-refractivity contribution in [2.75, 3.05) is 20.6 Å². The molecule has 0 aliphatic heterocycles. The maximum atomic E-state index is 12.1. The molecular formula is C14H31N3O. The lowest BCUT2D eigenvalue weighted by molar-refractivity contribution is -0.124. The molecule has 0 aromatic carbocycles. The number of nitrogens with zero attached hydrogens (tertiary/aromatic N) is 1. The highest BCUT2D eigenvalue weighted by molar-refractivity contribution is 5.82. The van der Waals surface area contributed by atoms with E-state index in [0.29, 0.717) is 5.92 Å². The van der Waals surface area contributed by atoms with Crippen molar-refractivity contribution < 1.29 is 4.79 Å². The summed E-state index contributed by atoms with van der Waals surface area (Å²) in [6, 6.07) is -0.213. The Labute approximate surface area is 112 Å². The Bertz CT molecular complexity index is 231. The van der Waals surface area contributed by atoms with Crippen LogP contribution in [-0.4, -0.2) is 43.5 Å². The summed E-state index contributed by atoms with van der Waals surface area (Å²) in [5, 5.41) is 3.09. The highest BCUT2D eigenvalue weighted by Crippen LogP contribution is 2.09. The molecule has 0 fully saturated rings. The summed E-state index contributed by atoms with van der Waals surface area (Å²) in [6.45, 7) is 9.28. The third-order valence-corrected chi connectivity index (χ3v) is 3.25. The zero-order valence-corrected chi connectivity index (χ0v) is 12.9. The van der Waals surface area contributed by atoms with Crippen LogP contribution in [0.3, 0.4) is 0 Å². The predicted molar refractivity (Wildman–Crippen MR) is 77.4 cm³/mol. The number of hydrogen-bond donors (Lipinski definition) is 2. The van der Waals surface area contributed by atoms with Gasteiger partial charge < -0.3 is 16.0 Å². The lowest BCUT2D eigenvalue weighted by Gasteiger charge is -2.26. The van der Waals surface area contributed by atoms with Gasteiger partial charge >= 0.3 is 0 Å². The first-order valence-electron chi connectivity index (χ1n) is 6.98. The summed E-state index contributed by atoms with van der Waals surface area (Å²) in [5.74, 6) is 0.774. The molecule has 0 radical (unpaired) electrons. The Kier molecular flexibility index (Phi) is 8.20. The molecule has 108 valence electrons. The summed E-state index contributed by atoms with van der Waals surface area (Å²) in [5.41, 5.74) is 5.96. The van der Waals surface area contributed by atoms with Gasteiger partial charge in [-0.25, -0.2) is 0 Å². The van der Waals surface area contributed by atoms with Crippen molar-refractivity contribution >= 4 is 5.91 Å². The average molecular weight is 257 g/mol. The third-order valence-electron chi connectivity index (χ3n) is 3.25.